The van der Waals surface area contributed by atoms with Crippen molar-refractivity contribution in [3.63, 3.8) is 0 Å². The Kier molecular flexibility index (Phi) is 4.01. The van der Waals surface area contributed by atoms with Gasteiger partial charge in [0.25, 0.3) is 0 Å². The third-order valence-corrected chi connectivity index (χ3v) is 2.55. The minimum absolute atomic E-state index is 0.248. The first-order valence-corrected chi connectivity index (χ1v) is 5.93. The highest BCUT2D eigenvalue weighted by Gasteiger charge is 2.09. The summed E-state index contributed by atoms with van der Waals surface area (Å²) in [4.78, 5) is 8.39. The van der Waals surface area contributed by atoms with Crippen LogP contribution in [-0.2, 0) is 6.42 Å². The van der Waals surface area contributed by atoms with Gasteiger partial charge in [0, 0.05) is 23.4 Å². The van der Waals surface area contributed by atoms with Gasteiger partial charge >= 0.3 is 0 Å². The number of hydrogen-bond donors (Lipinski definition) is 2. The van der Waals surface area contributed by atoms with Crippen molar-refractivity contribution in [2.24, 2.45) is 5.84 Å². The molecule has 0 radical (unpaired) electrons. The van der Waals surface area contributed by atoms with Gasteiger partial charge in [0.2, 0.25) is 0 Å². The number of nitrogens with one attached hydrogen (secondary N) is 1. The highest BCUT2D eigenvalue weighted by Crippen LogP contribution is 2.20. The van der Waals surface area contributed by atoms with Gasteiger partial charge in [-0.25, -0.2) is 24.6 Å². The van der Waals surface area contributed by atoms with Crippen molar-refractivity contribution in [1.82, 2.24) is 9.97 Å². The fourth-order valence-electron chi connectivity index (χ4n) is 1.77. The summed E-state index contributed by atoms with van der Waals surface area (Å²) in [5, 5.41) is 0. The molecule has 1 heterocycles. The van der Waals surface area contributed by atoms with Gasteiger partial charge < -0.3 is 5.43 Å². The molecule has 0 bridgehead atoms. The first kappa shape index (κ1) is 13.4. The molecule has 0 aliphatic carbocycles. The lowest BCUT2D eigenvalue weighted by Crippen LogP contribution is -2.10. The van der Waals surface area contributed by atoms with Crippen LogP contribution in [0.4, 0.5) is 14.6 Å². The van der Waals surface area contributed by atoms with Crippen molar-refractivity contribution in [2.75, 3.05) is 5.43 Å². The van der Waals surface area contributed by atoms with E-state index in [-0.39, 0.29) is 11.4 Å². The van der Waals surface area contributed by atoms with E-state index in [1.54, 1.807) is 6.07 Å². The number of nitrogen functional groups attached to an aromatic ring is 1. The van der Waals surface area contributed by atoms with Gasteiger partial charge in [-0.1, -0.05) is 13.3 Å². The number of rotatable bonds is 4. The molecule has 0 atom stereocenters. The zero-order valence-electron chi connectivity index (χ0n) is 10.5. The first-order valence-electron chi connectivity index (χ1n) is 5.93. The summed E-state index contributed by atoms with van der Waals surface area (Å²) in [5.41, 5.74) is 3.48. The van der Waals surface area contributed by atoms with Crippen molar-refractivity contribution >= 4 is 5.82 Å². The topological polar surface area (TPSA) is 63.8 Å². The van der Waals surface area contributed by atoms with E-state index in [0.29, 0.717) is 5.82 Å². The quantitative estimate of drug-likeness (QED) is 0.658. The van der Waals surface area contributed by atoms with Gasteiger partial charge in [-0.3, -0.25) is 0 Å². The molecular formula is C13H14F2N4. The maximum atomic E-state index is 13.2. The van der Waals surface area contributed by atoms with Gasteiger partial charge in [0.1, 0.15) is 17.5 Å². The minimum atomic E-state index is -0.665. The van der Waals surface area contributed by atoms with Crippen molar-refractivity contribution in [2.45, 2.75) is 19.8 Å². The number of hydrazine groups is 1. The molecule has 3 N–H and O–H groups in total. The summed E-state index contributed by atoms with van der Waals surface area (Å²) >= 11 is 0. The lowest BCUT2D eigenvalue weighted by molar-refractivity contribution is 0.584. The second-order valence-corrected chi connectivity index (χ2v) is 4.12. The molecular weight excluding hydrogens is 250 g/mol. The molecule has 0 fully saturated rings. The van der Waals surface area contributed by atoms with Crippen LogP contribution in [0.1, 0.15) is 19.0 Å². The summed E-state index contributed by atoms with van der Waals surface area (Å²) < 4.78 is 26.4. The number of nitrogens with zero attached hydrogens (tertiary/aromatic N) is 2. The molecule has 0 amide bonds. The lowest BCUT2D eigenvalue weighted by Gasteiger charge is -2.07. The first-order chi connectivity index (χ1) is 9.12. The Morgan fingerprint density at radius 1 is 1.11 bits per heavy atom. The Morgan fingerprint density at radius 2 is 1.79 bits per heavy atom. The second-order valence-electron chi connectivity index (χ2n) is 4.12. The SMILES string of the molecule is CCCc1cc(NN)nc(-c2cc(F)cc(F)c2)n1. The predicted molar refractivity (Wildman–Crippen MR) is 69.2 cm³/mol. The van der Waals surface area contributed by atoms with Crippen LogP contribution >= 0.6 is 0 Å². The van der Waals surface area contributed by atoms with E-state index in [0.717, 1.165) is 24.6 Å². The standard InChI is InChI=1S/C13H14F2N4/c1-2-3-11-7-12(19-16)18-13(17-11)8-4-9(14)6-10(15)5-8/h4-7H,2-3,16H2,1H3,(H,17,18,19). The van der Waals surface area contributed by atoms with Crippen molar-refractivity contribution < 1.29 is 8.78 Å². The Hall–Kier alpha value is -2.08. The fourth-order valence-corrected chi connectivity index (χ4v) is 1.77. The predicted octanol–water partition coefficient (Wildman–Crippen LogP) is 2.66. The van der Waals surface area contributed by atoms with Crippen LogP contribution in [-0.4, -0.2) is 9.97 Å². The van der Waals surface area contributed by atoms with Gasteiger partial charge in [0.15, 0.2) is 5.82 Å². The van der Waals surface area contributed by atoms with Crippen LogP contribution in [0.3, 0.4) is 0 Å². The zero-order valence-corrected chi connectivity index (χ0v) is 10.5. The fraction of sp³-hybridized carbons (Fsp3) is 0.231. The number of hydrogen-bond acceptors (Lipinski definition) is 4. The van der Waals surface area contributed by atoms with Crippen LogP contribution in [0.15, 0.2) is 24.3 Å². The van der Waals surface area contributed by atoms with Crippen molar-refractivity contribution in [3.05, 3.63) is 41.6 Å². The number of halogens is 2. The normalized spacial score (nSPS) is 10.5. The maximum Gasteiger partial charge on any atom is 0.162 e. The van der Waals surface area contributed by atoms with Gasteiger partial charge in [-0.05, 0) is 18.6 Å². The summed E-state index contributed by atoms with van der Waals surface area (Å²) in [5.74, 6) is 4.67. The summed E-state index contributed by atoms with van der Waals surface area (Å²) in [6.45, 7) is 2.01. The minimum Gasteiger partial charge on any atom is -0.308 e. The molecule has 0 saturated heterocycles. The average Bonchev–Trinajstić information content (AvgIpc) is 2.37. The molecule has 1 aromatic carbocycles. The summed E-state index contributed by atoms with van der Waals surface area (Å²) in [6, 6.07) is 4.90. The molecule has 0 aliphatic heterocycles. The van der Waals surface area contributed by atoms with Crippen LogP contribution in [0.25, 0.3) is 11.4 Å². The Labute approximate surface area is 109 Å². The molecule has 0 saturated carbocycles. The zero-order chi connectivity index (χ0) is 13.8. The van der Waals surface area contributed by atoms with E-state index in [4.69, 9.17) is 5.84 Å². The average molecular weight is 264 g/mol. The van der Waals surface area contributed by atoms with Crippen LogP contribution in [0.2, 0.25) is 0 Å². The number of aryl methyl sites for hydroxylation is 1. The van der Waals surface area contributed by atoms with E-state index < -0.39 is 11.6 Å². The van der Waals surface area contributed by atoms with Crippen LogP contribution in [0, 0.1) is 11.6 Å². The van der Waals surface area contributed by atoms with E-state index in [1.807, 2.05) is 6.92 Å². The second kappa shape index (κ2) is 5.71. The monoisotopic (exact) mass is 264 g/mol. The molecule has 4 nitrogen and oxygen atoms in total. The molecule has 100 valence electrons. The van der Waals surface area contributed by atoms with Crippen LogP contribution < -0.4 is 11.3 Å². The highest BCUT2D eigenvalue weighted by molar-refractivity contribution is 5.57. The molecule has 6 heteroatoms. The molecule has 1 aromatic heterocycles. The smallest absolute Gasteiger partial charge is 0.162 e. The molecule has 19 heavy (non-hydrogen) atoms. The third-order valence-electron chi connectivity index (χ3n) is 2.55. The van der Waals surface area contributed by atoms with Gasteiger partial charge in [-0.15, -0.1) is 0 Å². The number of aromatic nitrogens is 2. The summed E-state index contributed by atoms with van der Waals surface area (Å²) in [6.07, 6.45) is 1.64. The number of nitrogens with two attached hydrogens (primary N) is 1. The Bertz CT molecular complexity index is 567. The summed E-state index contributed by atoms with van der Waals surface area (Å²) in [7, 11) is 0. The van der Waals surface area contributed by atoms with Crippen LogP contribution in [0.5, 0.6) is 0 Å². The van der Waals surface area contributed by atoms with E-state index >= 15 is 0 Å². The Balaban J connectivity index is 2.50. The molecule has 2 rings (SSSR count). The van der Waals surface area contributed by atoms with Crippen molar-refractivity contribution in [3.8, 4) is 11.4 Å². The van der Waals surface area contributed by atoms with Gasteiger partial charge in [0.05, 0.1) is 0 Å². The van der Waals surface area contributed by atoms with Gasteiger partial charge in [-0.2, -0.15) is 0 Å². The highest BCUT2D eigenvalue weighted by atomic mass is 19.1. The molecule has 2 aromatic rings. The molecule has 0 spiro atoms. The maximum absolute atomic E-state index is 13.2. The van der Waals surface area contributed by atoms with E-state index in [2.05, 4.69) is 15.4 Å². The van der Waals surface area contributed by atoms with Crippen molar-refractivity contribution in [1.29, 1.82) is 0 Å². The van der Waals surface area contributed by atoms with E-state index in [9.17, 15) is 8.78 Å². The number of anilines is 1. The molecule has 0 aliphatic rings. The Morgan fingerprint density at radius 3 is 2.37 bits per heavy atom. The third kappa shape index (κ3) is 3.23. The largest absolute Gasteiger partial charge is 0.308 e. The molecule has 0 unspecified atom stereocenters. The lowest BCUT2D eigenvalue weighted by atomic mass is 10.2. The number of benzene rings is 1. The van der Waals surface area contributed by atoms with E-state index in [1.165, 1.54) is 12.1 Å².